The van der Waals surface area contributed by atoms with Crippen LogP contribution in [0.4, 0.5) is 0 Å². The summed E-state index contributed by atoms with van der Waals surface area (Å²) < 4.78 is 0. The number of benzene rings is 1. The van der Waals surface area contributed by atoms with E-state index in [2.05, 4.69) is 0 Å². The maximum absolute atomic E-state index is 9.88. The largest absolute Gasteiger partial charge is 1.00 e. The minimum absolute atomic E-state index is 0. The summed E-state index contributed by atoms with van der Waals surface area (Å²) >= 11 is 0. The average Bonchev–Trinajstić information content (AvgIpc) is 1.90. The Morgan fingerprint density at radius 1 is 1.11 bits per heavy atom. The van der Waals surface area contributed by atoms with Crippen LogP contribution in [0.25, 0.3) is 0 Å². The number of rotatable bonds is 1. The summed E-state index contributed by atoms with van der Waals surface area (Å²) in [6.45, 7) is 0. The molecule has 0 bridgehead atoms. The molecule has 0 aliphatic rings. The van der Waals surface area contributed by atoms with Gasteiger partial charge >= 0.3 is 18.9 Å². The Balaban J connectivity index is 0.000000640. The zero-order valence-electron chi connectivity index (χ0n) is 5.29. The summed E-state index contributed by atoms with van der Waals surface area (Å²) in [5, 5.41) is 0. The maximum Gasteiger partial charge on any atom is 1.00 e. The Bertz CT molecular complexity index is 172. The first kappa shape index (κ1) is 8.49. The first-order chi connectivity index (χ1) is 3.93. The molecule has 0 spiro atoms. The van der Waals surface area contributed by atoms with Crippen molar-refractivity contribution in [2.24, 2.45) is 0 Å². The van der Waals surface area contributed by atoms with Gasteiger partial charge < -0.3 is 4.79 Å². The van der Waals surface area contributed by atoms with Crippen LogP contribution in [0.5, 0.6) is 0 Å². The van der Waals surface area contributed by atoms with E-state index in [1.807, 2.05) is 6.07 Å². The van der Waals surface area contributed by atoms with Gasteiger partial charge in [-0.3, -0.25) is 0 Å². The number of carbonyl (C=O) groups excluding carboxylic acids is 1. The molecular weight excluding hydrogens is 107 g/mol. The van der Waals surface area contributed by atoms with Crippen LogP contribution in [0.1, 0.15) is 5.56 Å². The van der Waals surface area contributed by atoms with Gasteiger partial charge in [0, 0.05) is 0 Å². The average molecular weight is 112 g/mol. The van der Waals surface area contributed by atoms with Gasteiger partial charge in [-0.15, -0.1) is 12.1 Å². The van der Waals surface area contributed by atoms with Crippen molar-refractivity contribution in [2.75, 3.05) is 0 Å². The van der Waals surface area contributed by atoms with E-state index in [1.165, 1.54) is 0 Å². The van der Waals surface area contributed by atoms with Crippen molar-refractivity contribution >= 4 is 6.29 Å². The van der Waals surface area contributed by atoms with Gasteiger partial charge in [-0.2, -0.15) is 17.7 Å². The third kappa shape index (κ3) is 2.50. The number of hydrogen-bond donors (Lipinski definition) is 0. The van der Waals surface area contributed by atoms with Crippen molar-refractivity contribution in [3.8, 4) is 0 Å². The SMILES string of the molecule is O=[C-]c1ccccc1.[Li+]. The topological polar surface area (TPSA) is 17.1 Å². The van der Waals surface area contributed by atoms with Crippen LogP contribution in [0.15, 0.2) is 30.3 Å². The van der Waals surface area contributed by atoms with Crippen molar-refractivity contribution in [3.63, 3.8) is 0 Å². The Morgan fingerprint density at radius 2 is 1.67 bits per heavy atom. The molecule has 0 aromatic heterocycles. The van der Waals surface area contributed by atoms with Crippen molar-refractivity contribution < 1.29 is 23.7 Å². The molecule has 0 N–H and O–H groups in total. The molecule has 0 amide bonds. The summed E-state index contributed by atoms with van der Waals surface area (Å²) in [4.78, 5) is 9.88. The molecule has 1 nitrogen and oxygen atoms in total. The van der Waals surface area contributed by atoms with Crippen LogP contribution >= 0.6 is 0 Å². The van der Waals surface area contributed by atoms with Gasteiger partial charge in [-0.1, -0.05) is 6.07 Å². The van der Waals surface area contributed by atoms with Gasteiger partial charge in [0.05, 0.1) is 6.29 Å². The fraction of sp³-hybridized carbons (Fsp3) is 0. The van der Waals surface area contributed by atoms with Crippen molar-refractivity contribution in [1.29, 1.82) is 0 Å². The molecule has 0 fully saturated rings. The van der Waals surface area contributed by atoms with E-state index in [1.54, 1.807) is 30.6 Å². The quantitative estimate of drug-likeness (QED) is 0.308. The summed E-state index contributed by atoms with van der Waals surface area (Å²) in [6, 6.07) is 8.90. The maximum atomic E-state index is 9.88. The van der Waals surface area contributed by atoms with Gasteiger partial charge in [-0.25, -0.2) is 0 Å². The van der Waals surface area contributed by atoms with E-state index < -0.39 is 0 Å². The Hall–Kier alpha value is -0.513. The smallest absolute Gasteiger partial charge is 0.376 e. The minimum Gasteiger partial charge on any atom is -0.376 e. The van der Waals surface area contributed by atoms with E-state index in [0.717, 1.165) is 0 Å². The molecule has 0 atom stereocenters. The Labute approximate surface area is 66.3 Å². The molecule has 0 unspecified atom stereocenters. The fourth-order valence-corrected chi connectivity index (χ4v) is 0.506. The molecule has 40 valence electrons. The zero-order chi connectivity index (χ0) is 5.82. The molecule has 0 aliphatic carbocycles. The van der Waals surface area contributed by atoms with Crippen LogP contribution in [0.2, 0.25) is 0 Å². The predicted molar refractivity (Wildman–Crippen MR) is 31.2 cm³/mol. The van der Waals surface area contributed by atoms with Crippen LogP contribution in [-0.2, 0) is 4.79 Å². The molecule has 0 saturated carbocycles. The van der Waals surface area contributed by atoms with Crippen LogP contribution in [0.3, 0.4) is 0 Å². The summed E-state index contributed by atoms with van der Waals surface area (Å²) in [5.41, 5.74) is 0.604. The second kappa shape index (κ2) is 4.37. The molecule has 1 aromatic rings. The van der Waals surface area contributed by atoms with Gasteiger partial charge in [0.15, 0.2) is 0 Å². The molecule has 1 aromatic carbocycles. The van der Waals surface area contributed by atoms with E-state index in [0.29, 0.717) is 5.56 Å². The van der Waals surface area contributed by atoms with Crippen LogP contribution in [-0.4, -0.2) is 6.29 Å². The zero-order valence-corrected chi connectivity index (χ0v) is 5.29. The third-order valence-corrected chi connectivity index (χ3v) is 0.892. The molecule has 0 radical (unpaired) electrons. The molecule has 0 saturated heterocycles. The van der Waals surface area contributed by atoms with Gasteiger partial charge in [0.2, 0.25) is 0 Å². The standard InChI is InChI=1S/C7H5O.Li/c8-6-7-4-2-1-3-5-7;/h1-5H;/q-1;+1. The first-order valence-corrected chi connectivity index (χ1v) is 2.36. The monoisotopic (exact) mass is 112 g/mol. The van der Waals surface area contributed by atoms with Gasteiger partial charge in [-0.05, 0) is 0 Å². The van der Waals surface area contributed by atoms with Crippen LogP contribution in [0, 0.1) is 0 Å². The van der Waals surface area contributed by atoms with Crippen molar-refractivity contribution in [1.82, 2.24) is 0 Å². The van der Waals surface area contributed by atoms with E-state index in [4.69, 9.17) is 0 Å². The summed E-state index contributed by atoms with van der Waals surface area (Å²) in [5.74, 6) is 0. The third-order valence-electron chi connectivity index (χ3n) is 0.892. The van der Waals surface area contributed by atoms with Crippen molar-refractivity contribution in [3.05, 3.63) is 35.9 Å². The predicted octanol–water partition coefficient (Wildman–Crippen LogP) is -1.85. The van der Waals surface area contributed by atoms with Gasteiger partial charge in [0.25, 0.3) is 0 Å². The van der Waals surface area contributed by atoms with E-state index >= 15 is 0 Å². The second-order valence-corrected chi connectivity index (χ2v) is 1.47. The number of hydrogen-bond acceptors (Lipinski definition) is 1. The van der Waals surface area contributed by atoms with Crippen molar-refractivity contribution in [2.45, 2.75) is 0 Å². The van der Waals surface area contributed by atoms with Gasteiger partial charge in [0.1, 0.15) is 0 Å². The normalized spacial score (nSPS) is 7.56. The van der Waals surface area contributed by atoms with Crippen LogP contribution < -0.4 is 18.9 Å². The molecular formula is C7H5LiO. The minimum atomic E-state index is 0. The fourth-order valence-electron chi connectivity index (χ4n) is 0.506. The Morgan fingerprint density at radius 3 is 2.00 bits per heavy atom. The molecule has 1 rings (SSSR count). The van der Waals surface area contributed by atoms with E-state index in [-0.39, 0.29) is 18.9 Å². The molecule has 0 heterocycles. The molecule has 2 heteroatoms. The second-order valence-electron chi connectivity index (χ2n) is 1.47. The molecule has 9 heavy (non-hydrogen) atoms. The summed E-state index contributed by atoms with van der Waals surface area (Å²) in [6.07, 6.45) is 1.78. The Kier molecular flexibility index (Phi) is 4.13. The van der Waals surface area contributed by atoms with E-state index in [9.17, 15) is 4.79 Å². The first-order valence-electron chi connectivity index (χ1n) is 2.36. The molecule has 0 aliphatic heterocycles. The summed E-state index contributed by atoms with van der Waals surface area (Å²) in [7, 11) is 0.